The van der Waals surface area contributed by atoms with E-state index >= 15 is 0 Å². The Morgan fingerprint density at radius 1 is 1.00 bits per heavy atom. The van der Waals surface area contributed by atoms with Gasteiger partial charge in [-0.1, -0.05) is 5.16 Å². The Bertz CT molecular complexity index is 1150. The molecule has 0 radical (unpaired) electrons. The lowest BCUT2D eigenvalue weighted by Gasteiger charge is -2.16. The molecule has 2 aromatic carbocycles. The van der Waals surface area contributed by atoms with Crippen LogP contribution >= 0.6 is 0 Å². The lowest BCUT2D eigenvalue weighted by molar-refractivity contribution is -0.117. The van der Waals surface area contributed by atoms with E-state index in [2.05, 4.69) is 10.1 Å². The molecule has 1 unspecified atom stereocenters. The normalized spacial score (nSPS) is 17.0. The van der Waals surface area contributed by atoms with Gasteiger partial charge in [-0.05, 0) is 24.3 Å². The van der Waals surface area contributed by atoms with E-state index in [1.807, 2.05) is 6.07 Å². The summed E-state index contributed by atoms with van der Waals surface area (Å²) >= 11 is 0. The van der Waals surface area contributed by atoms with Gasteiger partial charge in [-0.15, -0.1) is 0 Å². The number of carbonyl (C=O) groups is 1. The molecule has 0 bridgehead atoms. The van der Waals surface area contributed by atoms with Crippen molar-refractivity contribution in [2.75, 3.05) is 39.6 Å². The predicted molar refractivity (Wildman–Crippen MR) is 112 cm³/mol. The molecule has 0 saturated carbocycles. The Labute approximate surface area is 183 Å². The van der Waals surface area contributed by atoms with Crippen LogP contribution in [0.15, 0.2) is 34.9 Å². The van der Waals surface area contributed by atoms with Crippen LogP contribution in [-0.4, -0.2) is 50.7 Å². The van der Waals surface area contributed by atoms with Crippen molar-refractivity contribution in [3.63, 3.8) is 0 Å². The highest BCUT2D eigenvalue weighted by molar-refractivity contribution is 5.96. The number of benzene rings is 2. The van der Waals surface area contributed by atoms with E-state index in [-0.39, 0.29) is 25.0 Å². The Balaban J connectivity index is 1.39. The third kappa shape index (κ3) is 3.33. The van der Waals surface area contributed by atoms with Crippen LogP contribution in [0.25, 0.3) is 11.4 Å². The standard InChI is InChI=1S/C22H21N3O7/c1-27-17-6-12(7-18(28-2)20(17)29-3)21-23-22(32-24-21)13-8-19(26)25(10-13)14-4-5-15-16(9-14)31-11-30-15/h4-7,9,13H,8,10-11H2,1-3H3. The van der Waals surface area contributed by atoms with Crippen LogP contribution < -0.4 is 28.6 Å². The van der Waals surface area contributed by atoms with Crippen molar-refractivity contribution < 1.29 is 33.0 Å². The van der Waals surface area contributed by atoms with E-state index in [1.165, 1.54) is 21.3 Å². The molecule has 32 heavy (non-hydrogen) atoms. The Hall–Kier alpha value is -3.95. The molecule has 3 heterocycles. The minimum absolute atomic E-state index is 0.0265. The van der Waals surface area contributed by atoms with E-state index in [0.29, 0.717) is 52.6 Å². The minimum atomic E-state index is -0.226. The summed E-state index contributed by atoms with van der Waals surface area (Å²) in [6, 6.07) is 8.93. The smallest absolute Gasteiger partial charge is 0.232 e. The topological polar surface area (TPSA) is 105 Å². The van der Waals surface area contributed by atoms with Crippen molar-refractivity contribution in [3.8, 4) is 40.1 Å². The number of fused-ring (bicyclic) bond motifs is 1. The number of methoxy groups -OCH3 is 3. The van der Waals surface area contributed by atoms with Gasteiger partial charge in [0.25, 0.3) is 0 Å². The molecule has 166 valence electrons. The van der Waals surface area contributed by atoms with Gasteiger partial charge in [0, 0.05) is 30.3 Å². The van der Waals surface area contributed by atoms with Crippen LogP contribution in [-0.2, 0) is 4.79 Å². The van der Waals surface area contributed by atoms with E-state index in [9.17, 15) is 4.79 Å². The summed E-state index contributed by atoms with van der Waals surface area (Å²) in [5, 5.41) is 4.10. The third-order valence-electron chi connectivity index (χ3n) is 5.51. The van der Waals surface area contributed by atoms with Crippen molar-refractivity contribution in [2.45, 2.75) is 12.3 Å². The predicted octanol–water partition coefficient (Wildman–Crippen LogP) is 3.01. The molecule has 5 rings (SSSR count). The van der Waals surface area contributed by atoms with E-state index in [1.54, 1.807) is 29.2 Å². The van der Waals surface area contributed by atoms with Gasteiger partial charge in [-0.3, -0.25) is 4.79 Å². The maximum atomic E-state index is 12.7. The van der Waals surface area contributed by atoms with Gasteiger partial charge < -0.3 is 33.1 Å². The number of rotatable bonds is 6. The number of ether oxygens (including phenoxy) is 5. The van der Waals surface area contributed by atoms with E-state index < -0.39 is 0 Å². The second-order valence-electron chi connectivity index (χ2n) is 7.31. The van der Waals surface area contributed by atoms with Crippen molar-refractivity contribution in [2.24, 2.45) is 0 Å². The average molecular weight is 439 g/mol. The van der Waals surface area contributed by atoms with Crippen LogP contribution in [0, 0.1) is 0 Å². The van der Waals surface area contributed by atoms with Crippen LogP contribution in [0.5, 0.6) is 28.7 Å². The Morgan fingerprint density at radius 3 is 2.47 bits per heavy atom. The van der Waals surface area contributed by atoms with Gasteiger partial charge in [0.2, 0.25) is 30.2 Å². The summed E-state index contributed by atoms with van der Waals surface area (Å²) in [4.78, 5) is 18.9. The fraction of sp³-hybridized carbons (Fsp3) is 0.318. The SMILES string of the molecule is COc1cc(-c2noc(C3CC(=O)N(c4ccc5c(c4)OCO5)C3)n2)cc(OC)c1OC. The summed E-state index contributed by atoms with van der Waals surface area (Å²) in [5.41, 5.74) is 1.39. The number of nitrogens with zero attached hydrogens (tertiary/aromatic N) is 3. The quantitative estimate of drug-likeness (QED) is 0.573. The van der Waals surface area contributed by atoms with E-state index in [0.717, 1.165) is 5.69 Å². The van der Waals surface area contributed by atoms with Gasteiger partial charge >= 0.3 is 0 Å². The van der Waals surface area contributed by atoms with Crippen LogP contribution in [0.1, 0.15) is 18.2 Å². The molecule has 1 fully saturated rings. The van der Waals surface area contributed by atoms with Gasteiger partial charge in [0.1, 0.15) is 0 Å². The summed E-state index contributed by atoms with van der Waals surface area (Å²) in [6.45, 7) is 0.608. The van der Waals surface area contributed by atoms with Crippen molar-refractivity contribution in [1.82, 2.24) is 10.1 Å². The second kappa shape index (κ2) is 7.95. The first-order chi connectivity index (χ1) is 15.6. The maximum Gasteiger partial charge on any atom is 0.232 e. The molecule has 1 amide bonds. The van der Waals surface area contributed by atoms with Gasteiger partial charge in [-0.2, -0.15) is 4.98 Å². The molecule has 3 aromatic rings. The van der Waals surface area contributed by atoms with Crippen molar-refractivity contribution in [1.29, 1.82) is 0 Å². The fourth-order valence-corrected chi connectivity index (χ4v) is 3.90. The zero-order valence-corrected chi connectivity index (χ0v) is 17.8. The molecule has 2 aliphatic rings. The second-order valence-corrected chi connectivity index (χ2v) is 7.31. The van der Waals surface area contributed by atoms with Gasteiger partial charge in [0.15, 0.2) is 23.0 Å². The first-order valence-electron chi connectivity index (χ1n) is 9.95. The minimum Gasteiger partial charge on any atom is -0.493 e. The summed E-state index contributed by atoms with van der Waals surface area (Å²) in [5.74, 6) is 3.25. The fourth-order valence-electron chi connectivity index (χ4n) is 3.90. The average Bonchev–Trinajstić information content (AvgIpc) is 3.56. The molecule has 0 spiro atoms. The number of hydrogen-bond acceptors (Lipinski definition) is 9. The highest BCUT2D eigenvalue weighted by atomic mass is 16.7. The number of aromatic nitrogens is 2. The number of anilines is 1. The summed E-state index contributed by atoms with van der Waals surface area (Å²) in [6.07, 6.45) is 0.269. The molecule has 10 nitrogen and oxygen atoms in total. The number of carbonyl (C=O) groups excluding carboxylic acids is 1. The Kier molecular flexibility index (Phi) is 4.96. The number of hydrogen-bond donors (Lipinski definition) is 0. The van der Waals surface area contributed by atoms with Gasteiger partial charge in [-0.25, -0.2) is 0 Å². The number of amides is 1. The zero-order valence-electron chi connectivity index (χ0n) is 17.8. The van der Waals surface area contributed by atoms with Crippen molar-refractivity contribution >= 4 is 11.6 Å². The molecular formula is C22H21N3O7. The molecule has 2 aliphatic heterocycles. The molecule has 1 atom stereocenters. The van der Waals surface area contributed by atoms with Crippen LogP contribution in [0.3, 0.4) is 0 Å². The maximum absolute atomic E-state index is 12.7. The molecule has 0 aliphatic carbocycles. The molecule has 1 saturated heterocycles. The third-order valence-corrected chi connectivity index (χ3v) is 5.51. The molecule has 10 heteroatoms. The van der Waals surface area contributed by atoms with E-state index in [4.69, 9.17) is 28.2 Å². The lowest BCUT2D eigenvalue weighted by atomic mass is 10.1. The van der Waals surface area contributed by atoms with Gasteiger partial charge in [0.05, 0.1) is 27.2 Å². The largest absolute Gasteiger partial charge is 0.493 e. The van der Waals surface area contributed by atoms with Crippen molar-refractivity contribution in [3.05, 3.63) is 36.2 Å². The highest BCUT2D eigenvalue weighted by Crippen LogP contribution is 2.42. The molecule has 1 aromatic heterocycles. The van der Waals surface area contributed by atoms with Crippen LogP contribution in [0.4, 0.5) is 5.69 Å². The molecular weight excluding hydrogens is 418 g/mol. The summed E-state index contributed by atoms with van der Waals surface area (Å²) < 4.78 is 32.4. The first-order valence-corrected chi connectivity index (χ1v) is 9.95. The monoisotopic (exact) mass is 439 g/mol. The zero-order chi connectivity index (χ0) is 22.2. The lowest BCUT2D eigenvalue weighted by Crippen LogP contribution is -2.24. The summed E-state index contributed by atoms with van der Waals surface area (Å²) in [7, 11) is 4.62. The molecule has 0 N–H and O–H groups in total. The first kappa shape index (κ1) is 20.0. The Morgan fingerprint density at radius 2 is 1.75 bits per heavy atom. The highest BCUT2D eigenvalue weighted by Gasteiger charge is 2.36. The van der Waals surface area contributed by atoms with Crippen LogP contribution in [0.2, 0.25) is 0 Å².